The van der Waals surface area contributed by atoms with Gasteiger partial charge in [0.05, 0.1) is 0 Å². The van der Waals surface area contributed by atoms with Crippen LogP contribution < -0.4 is 5.32 Å². The second kappa shape index (κ2) is 26.4. The first kappa shape index (κ1) is 32.8. The monoisotopic (exact) mass is 484 g/mol. The Bertz CT molecular complexity index is 403. The summed E-state index contributed by atoms with van der Waals surface area (Å²) >= 11 is 1.91. The van der Waals surface area contributed by atoms with Crippen molar-refractivity contribution in [2.24, 2.45) is 0 Å². The number of hydrogen-bond acceptors (Lipinski definition) is 3. The molecule has 0 atom stereocenters. The summed E-state index contributed by atoms with van der Waals surface area (Å²) in [5.41, 5.74) is 0. The number of rotatable bonds is 26. The quantitative estimate of drug-likeness (QED) is 0.125. The van der Waals surface area contributed by atoms with Crippen molar-refractivity contribution in [3.8, 4) is 0 Å². The van der Waals surface area contributed by atoms with Crippen LogP contribution in [0.1, 0.15) is 143 Å². The van der Waals surface area contributed by atoms with Gasteiger partial charge < -0.3 is 10.2 Å². The van der Waals surface area contributed by atoms with Gasteiger partial charge in [0.1, 0.15) is 0 Å². The van der Waals surface area contributed by atoms with Gasteiger partial charge in [0, 0.05) is 25.3 Å². The van der Waals surface area contributed by atoms with E-state index in [0.29, 0.717) is 11.7 Å². The van der Waals surface area contributed by atoms with Gasteiger partial charge >= 0.3 is 0 Å². The molecule has 0 aromatic heterocycles. The topological polar surface area (TPSA) is 32.3 Å². The van der Waals surface area contributed by atoms with Crippen LogP contribution in [0.5, 0.6) is 0 Å². The predicted molar refractivity (Wildman–Crippen MR) is 151 cm³/mol. The molecule has 0 aliphatic heterocycles. The van der Waals surface area contributed by atoms with Crippen molar-refractivity contribution < 1.29 is 4.79 Å². The van der Waals surface area contributed by atoms with E-state index < -0.39 is 0 Å². The molecule has 0 spiro atoms. The van der Waals surface area contributed by atoms with E-state index in [0.717, 1.165) is 31.9 Å². The molecule has 0 saturated heterocycles. The molecule has 3 nitrogen and oxygen atoms in total. The zero-order valence-electron chi connectivity index (χ0n) is 23.1. The fraction of sp³-hybridized carbons (Fsp3) is 0.966. The lowest BCUT2D eigenvalue weighted by molar-refractivity contribution is -0.121. The average Bonchev–Trinajstić information content (AvgIpc) is 2.79. The summed E-state index contributed by atoms with van der Waals surface area (Å²) < 4.78 is 0. The fourth-order valence-corrected chi connectivity index (χ4v) is 5.06. The molecule has 198 valence electrons. The molecule has 0 aromatic rings. The molecule has 0 aliphatic carbocycles. The molecule has 0 fully saturated rings. The molecule has 0 aliphatic rings. The first-order valence-electron chi connectivity index (χ1n) is 14.7. The third-order valence-corrected chi connectivity index (χ3v) is 7.50. The molecule has 0 unspecified atom stereocenters. The standard InChI is InChI=1S/C29H60N2OS/c1-5-7-8-9-10-11-12-13-14-15-16-17-18-19-20-21-25-31(24-6-2)26-22-29(32)30-23-27-33-28(3)4/h28H,5-27H2,1-4H3,(H,30,32). The SMILES string of the molecule is CCCCCCCCCCCCCCCCCCN(CCC)CCC(=O)NCCSC(C)C. The molecule has 0 heterocycles. The zero-order chi connectivity index (χ0) is 24.4. The Morgan fingerprint density at radius 2 is 1.15 bits per heavy atom. The largest absolute Gasteiger partial charge is 0.355 e. The van der Waals surface area contributed by atoms with Gasteiger partial charge in [-0.05, 0) is 31.2 Å². The summed E-state index contributed by atoms with van der Waals surface area (Å²) in [5.74, 6) is 1.23. The Labute approximate surface area is 213 Å². The van der Waals surface area contributed by atoms with Crippen molar-refractivity contribution in [1.82, 2.24) is 10.2 Å². The smallest absolute Gasteiger partial charge is 0.221 e. The van der Waals surface area contributed by atoms with Gasteiger partial charge in [-0.15, -0.1) is 0 Å². The average molecular weight is 485 g/mol. The Morgan fingerprint density at radius 3 is 1.61 bits per heavy atom. The van der Waals surface area contributed by atoms with Crippen molar-refractivity contribution in [2.45, 2.75) is 149 Å². The Morgan fingerprint density at radius 1 is 0.667 bits per heavy atom. The minimum atomic E-state index is 0.215. The minimum absolute atomic E-state index is 0.215. The van der Waals surface area contributed by atoms with Gasteiger partial charge in [-0.25, -0.2) is 0 Å². The van der Waals surface area contributed by atoms with Gasteiger partial charge in [0.15, 0.2) is 0 Å². The van der Waals surface area contributed by atoms with Crippen molar-refractivity contribution in [3.63, 3.8) is 0 Å². The highest BCUT2D eigenvalue weighted by atomic mass is 32.2. The number of carbonyl (C=O) groups excluding carboxylic acids is 1. The molecule has 0 aromatic carbocycles. The molecule has 1 N–H and O–H groups in total. The molecular weight excluding hydrogens is 424 g/mol. The van der Waals surface area contributed by atoms with Crippen LogP contribution in [0.4, 0.5) is 0 Å². The maximum absolute atomic E-state index is 12.1. The Balaban J connectivity index is 3.48. The van der Waals surface area contributed by atoms with E-state index in [9.17, 15) is 4.79 Å². The molecular formula is C29H60N2OS. The normalized spacial score (nSPS) is 11.6. The summed E-state index contributed by atoms with van der Waals surface area (Å²) in [4.78, 5) is 14.6. The highest BCUT2D eigenvalue weighted by Crippen LogP contribution is 2.14. The lowest BCUT2D eigenvalue weighted by Crippen LogP contribution is -2.33. The van der Waals surface area contributed by atoms with Gasteiger partial charge in [0.2, 0.25) is 5.91 Å². The summed E-state index contributed by atoms with van der Waals surface area (Å²) in [7, 11) is 0. The number of thioether (sulfide) groups is 1. The number of unbranched alkanes of at least 4 members (excludes halogenated alkanes) is 15. The molecule has 0 radical (unpaired) electrons. The summed E-state index contributed by atoms with van der Waals surface area (Å²) in [6.07, 6.45) is 24.5. The van der Waals surface area contributed by atoms with Gasteiger partial charge in [0.25, 0.3) is 0 Å². The number of carbonyl (C=O) groups is 1. The van der Waals surface area contributed by atoms with Crippen molar-refractivity contribution in [3.05, 3.63) is 0 Å². The van der Waals surface area contributed by atoms with E-state index >= 15 is 0 Å². The second-order valence-corrected chi connectivity index (χ2v) is 11.8. The Kier molecular flexibility index (Phi) is 26.2. The van der Waals surface area contributed by atoms with Crippen LogP contribution in [-0.2, 0) is 4.79 Å². The van der Waals surface area contributed by atoms with Gasteiger partial charge in [-0.1, -0.05) is 124 Å². The van der Waals surface area contributed by atoms with Crippen molar-refractivity contribution >= 4 is 17.7 Å². The van der Waals surface area contributed by atoms with Gasteiger partial charge in [-0.3, -0.25) is 4.79 Å². The van der Waals surface area contributed by atoms with E-state index in [1.165, 1.54) is 109 Å². The van der Waals surface area contributed by atoms with E-state index in [-0.39, 0.29) is 5.91 Å². The van der Waals surface area contributed by atoms with Crippen LogP contribution in [0.3, 0.4) is 0 Å². The second-order valence-electron chi connectivity index (χ2n) is 10.2. The molecule has 0 rings (SSSR count). The summed E-state index contributed by atoms with van der Waals surface area (Å²) in [5, 5.41) is 3.71. The molecule has 0 saturated carbocycles. The zero-order valence-corrected chi connectivity index (χ0v) is 23.9. The maximum Gasteiger partial charge on any atom is 0.221 e. The summed E-state index contributed by atoms with van der Waals surface area (Å²) in [6.45, 7) is 12.9. The van der Waals surface area contributed by atoms with E-state index in [1.807, 2.05) is 11.8 Å². The number of nitrogens with zero attached hydrogens (tertiary/aromatic N) is 1. The van der Waals surface area contributed by atoms with E-state index in [2.05, 4.69) is 37.9 Å². The molecule has 1 amide bonds. The van der Waals surface area contributed by atoms with Crippen LogP contribution in [-0.4, -0.2) is 48.0 Å². The fourth-order valence-electron chi connectivity index (χ4n) is 4.37. The first-order chi connectivity index (χ1) is 16.1. The lowest BCUT2D eigenvalue weighted by Gasteiger charge is -2.21. The highest BCUT2D eigenvalue weighted by molar-refractivity contribution is 7.99. The molecule has 4 heteroatoms. The van der Waals surface area contributed by atoms with E-state index in [4.69, 9.17) is 0 Å². The lowest BCUT2D eigenvalue weighted by atomic mass is 10.0. The van der Waals surface area contributed by atoms with Crippen LogP contribution >= 0.6 is 11.8 Å². The van der Waals surface area contributed by atoms with Crippen LogP contribution in [0, 0.1) is 0 Å². The maximum atomic E-state index is 12.1. The van der Waals surface area contributed by atoms with Crippen LogP contribution in [0.15, 0.2) is 0 Å². The number of nitrogens with one attached hydrogen (secondary N) is 1. The highest BCUT2D eigenvalue weighted by Gasteiger charge is 2.07. The molecule has 0 bridgehead atoms. The summed E-state index contributed by atoms with van der Waals surface area (Å²) in [6, 6.07) is 0. The number of amides is 1. The van der Waals surface area contributed by atoms with Crippen molar-refractivity contribution in [2.75, 3.05) is 31.9 Å². The minimum Gasteiger partial charge on any atom is -0.355 e. The number of hydrogen-bond donors (Lipinski definition) is 1. The predicted octanol–water partition coefficient (Wildman–Crippen LogP) is 8.61. The molecule has 33 heavy (non-hydrogen) atoms. The van der Waals surface area contributed by atoms with Crippen LogP contribution in [0.2, 0.25) is 0 Å². The third-order valence-electron chi connectivity index (χ3n) is 6.40. The third kappa shape index (κ3) is 26.2. The Hall–Kier alpha value is -0.220. The van der Waals surface area contributed by atoms with Crippen LogP contribution in [0.25, 0.3) is 0 Å². The van der Waals surface area contributed by atoms with E-state index in [1.54, 1.807) is 0 Å². The van der Waals surface area contributed by atoms with Gasteiger partial charge in [-0.2, -0.15) is 11.8 Å². The van der Waals surface area contributed by atoms with Crippen molar-refractivity contribution in [1.29, 1.82) is 0 Å². The first-order valence-corrected chi connectivity index (χ1v) is 15.8.